The summed E-state index contributed by atoms with van der Waals surface area (Å²) in [6.45, 7) is 1.90. The van der Waals surface area contributed by atoms with Crippen molar-refractivity contribution in [3.05, 3.63) is 51.7 Å². The molecule has 2 rings (SSSR count). The highest BCUT2D eigenvalue weighted by Crippen LogP contribution is 2.18. The van der Waals surface area contributed by atoms with Crippen molar-refractivity contribution in [1.82, 2.24) is 0 Å². The zero-order valence-corrected chi connectivity index (χ0v) is 9.17. The lowest BCUT2D eigenvalue weighted by molar-refractivity contribution is 0.103. The molecule has 2 nitrogen and oxygen atoms in total. The molecule has 0 aliphatic carbocycles. The molecule has 0 aliphatic heterocycles. The molecule has 2 aromatic rings. The largest absolute Gasteiger partial charge is 0.399 e. The zero-order valence-electron chi connectivity index (χ0n) is 8.36. The highest BCUT2D eigenvalue weighted by atomic mass is 32.1. The number of carbonyl (C=O) groups excluding carboxylic acids is 1. The third kappa shape index (κ3) is 1.92. The number of ketones is 1. The lowest BCUT2D eigenvalue weighted by Crippen LogP contribution is -2.02. The third-order valence-electron chi connectivity index (χ3n) is 2.28. The van der Waals surface area contributed by atoms with Gasteiger partial charge >= 0.3 is 0 Å². The minimum atomic E-state index is 0.0637. The molecule has 15 heavy (non-hydrogen) atoms. The van der Waals surface area contributed by atoms with E-state index in [1.165, 1.54) is 11.3 Å². The van der Waals surface area contributed by atoms with Crippen molar-refractivity contribution in [3.63, 3.8) is 0 Å². The second-order valence-corrected chi connectivity index (χ2v) is 4.20. The van der Waals surface area contributed by atoms with E-state index < -0.39 is 0 Å². The summed E-state index contributed by atoms with van der Waals surface area (Å²) in [5.41, 5.74) is 8.72. The van der Waals surface area contributed by atoms with Gasteiger partial charge in [-0.3, -0.25) is 4.79 Å². The summed E-state index contributed by atoms with van der Waals surface area (Å²) < 4.78 is 0. The van der Waals surface area contributed by atoms with E-state index in [0.717, 1.165) is 16.7 Å². The Bertz CT molecular complexity index is 488. The van der Waals surface area contributed by atoms with Crippen LogP contribution in [0.2, 0.25) is 0 Å². The van der Waals surface area contributed by atoms with Gasteiger partial charge in [0, 0.05) is 22.2 Å². The molecule has 1 aromatic carbocycles. The number of hydrogen-bond donors (Lipinski definition) is 1. The summed E-state index contributed by atoms with van der Waals surface area (Å²) in [7, 11) is 0. The molecule has 0 unspecified atom stereocenters. The Morgan fingerprint density at radius 2 is 2.13 bits per heavy atom. The number of aryl methyl sites for hydroxylation is 1. The van der Waals surface area contributed by atoms with Crippen LogP contribution in [-0.4, -0.2) is 5.78 Å². The molecular formula is C12H11NOS. The van der Waals surface area contributed by atoms with Crippen LogP contribution in [0.4, 0.5) is 5.69 Å². The van der Waals surface area contributed by atoms with Crippen LogP contribution in [0.1, 0.15) is 21.5 Å². The fourth-order valence-electron chi connectivity index (χ4n) is 1.49. The second-order valence-electron chi connectivity index (χ2n) is 3.42. The predicted octanol–water partition coefficient (Wildman–Crippen LogP) is 2.87. The van der Waals surface area contributed by atoms with Crippen LogP contribution in [0, 0.1) is 6.92 Å². The van der Waals surface area contributed by atoms with Gasteiger partial charge in [-0.1, -0.05) is 0 Å². The number of benzene rings is 1. The first-order valence-electron chi connectivity index (χ1n) is 4.61. The van der Waals surface area contributed by atoms with Gasteiger partial charge in [-0.25, -0.2) is 0 Å². The van der Waals surface area contributed by atoms with Gasteiger partial charge in [-0.2, -0.15) is 11.3 Å². The average molecular weight is 217 g/mol. The topological polar surface area (TPSA) is 43.1 Å². The summed E-state index contributed by atoms with van der Waals surface area (Å²) in [5, 5.41) is 3.76. The molecule has 0 bridgehead atoms. The molecule has 1 heterocycles. The van der Waals surface area contributed by atoms with Gasteiger partial charge in [-0.05, 0) is 42.1 Å². The van der Waals surface area contributed by atoms with Gasteiger partial charge in [0.25, 0.3) is 0 Å². The van der Waals surface area contributed by atoms with Crippen molar-refractivity contribution in [3.8, 4) is 0 Å². The van der Waals surface area contributed by atoms with Crippen LogP contribution in [0.15, 0.2) is 35.0 Å². The Balaban J connectivity index is 2.42. The normalized spacial score (nSPS) is 10.2. The van der Waals surface area contributed by atoms with Crippen LogP contribution < -0.4 is 5.73 Å². The molecule has 0 saturated carbocycles. The lowest BCUT2D eigenvalue weighted by Gasteiger charge is -2.04. The van der Waals surface area contributed by atoms with E-state index >= 15 is 0 Å². The first kappa shape index (κ1) is 9.93. The fourth-order valence-corrected chi connectivity index (χ4v) is 2.13. The zero-order chi connectivity index (χ0) is 10.8. The summed E-state index contributed by atoms with van der Waals surface area (Å²) in [6, 6.07) is 7.19. The molecule has 0 saturated heterocycles. The van der Waals surface area contributed by atoms with Gasteiger partial charge in [0.05, 0.1) is 0 Å². The molecule has 0 aliphatic rings. The number of thiophene rings is 1. The smallest absolute Gasteiger partial charge is 0.194 e. The van der Waals surface area contributed by atoms with E-state index in [9.17, 15) is 4.79 Å². The number of nitrogen functional groups attached to an aromatic ring is 1. The van der Waals surface area contributed by atoms with Gasteiger partial charge in [-0.15, -0.1) is 0 Å². The molecule has 76 valence electrons. The minimum absolute atomic E-state index is 0.0637. The quantitative estimate of drug-likeness (QED) is 0.621. The Kier molecular flexibility index (Phi) is 2.56. The highest BCUT2D eigenvalue weighted by Gasteiger charge is 2.11. The van der Waals surface area contributed by atoms with E-state index in [4.69, 9.17) is 5.73 Å². The van der Waals surface area contributed by atoms with E-state index in [0.29, 0.717) is 5.69 Å². The van der Waals surface area contributed by atoms with Crippen LogP contribution >= 0.6 is 11.3 Å². The number of anilines is 1. The van der Waals surface area contributed by atoms with Crippen LogP contribution in [0.25, 0.3) is 0 Å². The Morgan fingerprint density at radius 3 is 2.73 bits per heavy atom. The molecule has 0 atom stereocenters. The molecule has 2 N–H and O–H groups in total. The van der Waals surface area contributed by atoms with E-state index in [2.05, 4.69) is 0 Å². The van der Waals surface area contributed by atoms with Crippen molar-refractivity contribution in [1.29, 1.82) is 0 Å². The van der Waals surface area contributed by atoms with Gasteiger partial charge in [0.1, 0.15) is 0 Å². The number of carbonyl (C=O) groups is 1. The first-order valence-corrected chi connectivity index (χ1v) is 5.56. The van der Waals surface area contributed by atoms with Crippen molar-refractivity contribution in [2.45, 2.75) is 6.92 Å². The minimum Gasteiger partial charge on any atom is -0.399 e. The Labute approximate surface area is 92.4 Å². The van der Waals surface area contributed by atoms with E-state index in [1.807, 2.05) is 29.8 Å². The van der Waals surface area contributed by atoms with Gasteiger partial charge in [0.15, 0.2) is 5.78 Å². The van der Waals surface area contributed by atoms with Crippen molar-refractivity contribution in [2.75, 3.05) is 5.73 Å². The number of rotatable bonds is 2. The second kappa shape index (κ2) is 3.87. The molecule has 1 aromatic heterocycles. The lowest BCUT2D eigenvalue weighted by atomic mass is 10.0. The van der Waals surface area contributed by atoms with Crippen LogP contribution in [-0.2, 0) is 0 Å². The molecule has 0 radical (unpaired) electrons. The first-order chi connectivity index (χ1) is 7.18. The molecule has 3 heteroatoms. The van der Waals surface area contributed by atoms with E-state index in [1.54, 1.807) is 12.1 Å². The summed E-state index contributed by atoms with van der Waals surface area (Å²) in [5.74, 6) is 0.0637. The van der Waals surface area contributed by atoms with Gasteiger partial charge in [0.2, 0.25) is 0 Å². The summed E-state index contributed by atoms with van der Waals surface area (Å²) >= 11 is 1.53. The Hall–Kier alpha value is -1.61. The standard InChI is InChI=1S/C12H11NOS/c1-8-6-10(13)2-3-11(8)12(14)9-4-5-15-7-9/h2-7H,13H2,1H3. The molecule has 0 spiro atoms. The fraction of sp³-hybridized carbons (Fsp3) is 0.0833. The molecule has 0 amide bonds. The third-order valence-corrected chi connectivity index (χ3v) is 2.96. The molecular weight excluding hydrogens is 206 g/mol. The molecule has 0 fully saturated rings. The SMILES string of the molecule is Cc1cc(N)ccc1C(=O)c1ccsc1. The Morgan fingerprint density at radius 1 is 1.33 bits per heavy atom. The van der Waals surface area contributed by atoms with Gasteiger partial charge < -0.3 is 5.73 Å². The maximum Gasteiger partial charge on any atom is 0.194 e. The maximum absolute atomic E-state index is 12.0. The number of hydrogen-bond acceptors (Lipinski definition) is 3. The highest BCUT2D eigenvalue weighted by molar-refractivity contribution is 7.08. The summed E-state index contributed by atoms with van der Waals surface area (Å²) in [4.78, 5) is 12.0. The van der Waals surface area contributed by atoms with Crippen LogP contribution in [0.5, 0.6) is 0 Å². The van der Waals surface area contributed by atoms with Crippen molar-refractivity contribution >= 4 is 22.8 Å². The monoisotopic (exact) mass is 217 g/mol. The van der Waals surface area contributed by atoms with E-state index in [-0.39, 0.29) is 5.78 Å². The predicted molar refractivity (Wildman–Crippen MR) is 63.3 cm³/mol. The van der Waals surface area contributed by atoms with Crippen molar-refractivity contribution < 1.29 is 4.79 Å². The number of nitrogens with two attached hydrogens (primary N) is 1. The van der Waals surface area contributed by atoms with Crippen molar-refractivity contribution in [2.24, 2.45) is 0 Å². The maximum atomic E-state index is 12.0. The summed E-state index contributed by atoms with van der Waals surface area (Å²) in [6.07, 6.45) is 0. The average Bonchev–Trinajstić information content (AvgIpc) is 2.69. The van der Waals surface area contributed by atoms with Crippen LogP contribution in [0.3, 0.4) is 0 Å².